The predicted molar refractivity (Wildman–Crippen MR) is 72.3 cm³/mol. The molecule has 2 rings (SSSR count). The first-order chi connectivity index (χ1) is 9.02. The summed E-state index contributed by atoms with van der Waals surface area (Å²) in [4.78, 5) is 22.1. The lowest BCUT2D eigenvalue weighted by Gasteiger charge is -2.39. The maximum atomic E-state index is 11.5. The van der Waals surface area contributed by atoms with Gasteiger partial charge in [-0.1, -0.05) is 0 Å². The Labute approximate surface area is 113 Å². The zero-order valence-corrected chi connectivity index (χ0v) is 11.6. The van der Waals surface area contributed by atoms with E-state index in [0.29, 0.717) is 18.1 Å². The molecule has 0 saturated carbocycles. The van der Waals surface area contributed by atoms with Crippen molar-refractivity contribution in [2.45, 2.75) is 26.3 Å². The minimum Gasteiger partial charge on any atom is -0.462 e. The number of anilines is 1. The average molecular weight is 264 g/mol. The summed E-state index contributed by atoms with van der Waals surface area (Å²) in [6, 6.07) is 0. The predicted octanol–water partition coefficient (Wildman–Crippen LogP) is 0.841. The molecule has 104 valence electrons. The number of hydrogen-bond acceptors (Lipinski definition) is 6. The molecule has 1 N–H and O–H groups in total. The van der Waals surface area contributed by atoms with Crippen LogP contribution in [-0.2, 0) is 4.74 Å². The summed E-state index contributed by atoms with van der Waals surface area (Å²) in [5, 5.41) is 3.43. The highest BCUT2D eigenvalue weighted by atomic mass is 16.5. The topological polar surface area (TPSA) is 67.3 Å². The van der Waals surface area contributed by atoms with Gasteiger partial charge in [0, 0.05) is 37.6 Å². The Morgan fingerprint density at radius 2 is 2.16 bits per heavy atom. The molecule has 0 aromatic carbocycles. The summed E-state index contributed by atoms with van der Waals surface area (Å²) in [7, 11) is 0. The van der Waals surface area contributed by atoms with Gasteiger partial charge >= 0.3 is 5.97 Å². The molecule has 0 radical (unpaired) electrons. The van der Waals surface area contributed by atoms with Gasteiger partial charge in [-0.15, -0.1) is 0 Å². The number of hydrogen-bond donors (Lipinski definition) is 1. The normalized spacial score (nSPS) is 18.2. The van der Waals surface area contributed by atoms with E-state index in [4.69, 9.17) is 4.74 Å². The maximum Gasteiger partial charge on any atom is 0.341 e. The molecule has 2 heterocycles. The molecule has 0 amide bonds. The lowest BCUT2D eigenvalue weighted by atomic mass is 10.0. The molecule has 0 bridgehead atoms. The SMILES string of the molecule is CCOC(=O)c1cnc(N2CCNC(C)(C)C2)nc1. The van der Waals surface area contributed by atoms with Gasteiger partial charge in [-0.25, -0.2) is 14.8 Å². The number of nitrogens with one attached hydrogen (secondary N) is 1. The second kappa shape index (κ2) is 5.52. The molecule has 1 aliphatic heterocycles. The molecule has 0 unspecified atom stereocenters. The van der Waals surface area contributed by atoms with Crippen molar-refractivity contribution in [1.82, 2.24) is 15.3 Å². The zero-order valence-electron chi connectivity index (χ0n) is 11.6. The van der Waals surface area contributed by atoms with Gasteiger partial charge in [-0.2, -0.15) is 0 Å². The first-order valence-corrected chi connectivity index (χ1v) is 6.51. The van der Waals surface area contributed by atoms with E-state index in [1.807, 2.05) is 0 Å². The van der Waals surface area contributed by atoms with Crippen LogP contribution < -0.4 is 10.2 Å². The van der Waals surface area contributed by atoms with Gasteiger partial charge in [0.25, 0.3) is 0 Å². The van der Waals surface area contributed by atoms with E-state index in [1.54, 1.807) is 6.92 Å². The minimum atomic E-state index is -0.380. The quantitative estimate of drug-likeness (QED) is 0.816. The van der Waals surface area contributed by atoms with Crippen LogP contribution in [0.4, 0.5) is 5.95 Å². The van der Waals surface area contributed by atoms with Crippen LogP contribution in [0.25, 0.3) is 0 Å². The van der Waals surface area contributed by atoms with Crippen LogP contribution in [0.2, 0.25) is 0 Å². The van der Waals surface area contributed by atoms with Crippen molar-refractivity contribution in [3.63, 3.8) is 0 Å². The van der Waals surface area contributed by atoms with Crippen LogP contribution in [0.15, 0.2) is 12.4 Å². The van der Waals surface area contributed by atoms with E-state index in [2.05, 4.69) is 34.0 Å². The van der Waals surface area contributed by atoms with Crippen LogP contribution in [-0.4, -0.2) is 47.7 Å². The second-order valence-corrected chi connectivity index (χ2v) is 5.22. The number of rotatable bonds is 3. The molecule has 19 heavy (non-hydrogen) atoms. The van der Waals surface area contributed by atoms with Crippen LogP contribution in [0.5, 0.6) is 0 Å². The third-order valence-corrected chi connectivity index (χ3v) is 3.00. The summed E-state index contributed by atoms with van der Waals surface area (Å²) in [6.07, 6.45) is 3.05. The molecule has 0 atom stereocenters. The van der Waals surface area contributed by atoms with Crippen LogP contribution in [0.3, 0.4) is 0 Å². The lowest BCUT2D eigenvalue weighted by Crippen LogP contribution is -2.57. The number of carbonyl (C=O) groups excluding carboxylic acids is 1. The maximum absolute atomic E-state index is 11.5. The highest BCUT2D eigenvalue weighted by Gasteiger charge is 2.27. The largest absolute Gasteiger partial charge is 0.462 e. The summed E-state index contributed by atoms with van der Waals surface area (Å²) in [5.74, 6) is 0.275. The molecule has 1 aliphatic rings. The standard InChI is InChI=1S/C13H20N4O2/c1-4-19-11(18)10-7-14-12(15-8-10)17-6-5-16-13(2,3)9-17/h7-8,16H,4-6,9H2,1-3H3. The number of esters is 1. The Balaban J connectivity index is 2.08. The number of nitrogens with zero attached hydrogens (tertiary/aromatic N) is 3. The van der Waals surface area contributed by atoms with Gasteiger partial charge in [0.05, 0.1) is 12.2 Å². The van der Waals surface area contributed by atoms with Gasteiger partial charge in [-0.3, -0.25) is 0 Å². The number of piperazine rings is 1. The van der Waals surface area contributed by atoms with E-state index in [1.165, 1.54) is 12.4 Å². The first kappa shape index (κ1) is 13.7. The van der Waals surface area contributed by atoms with Gasteiger partial charge in [0.1, 0.15) is 0 Å². The molecule has 0 spiro atoms. The molecular weight excluding hydrogens is 244 g/mol. The fraction of sp³-hybridized carbons (Fsp3) is 0.615. The van der Waals surface area contributed by atoms with Crippen LogP contribution in [0.1, 0.15) is 31.1 Å². The summed E-state index contributed by atoms with van der Waals surface area (Å²) >= 11 is 0. The van der Waals surface area contributed by atoms with E-state index >= 15 is 0 Å². The van der Waals surface area contributed by atoms with Crippen LogP contribution >= 0.6 is 0 Å². The second-order valence-electron chi connectivity index (χ2n) is 5.22. The highest BCUT2D eigenvalue weighted by Crippen LogP contribution is 2.15. The molecule has 1 aromatic heterocycles. The van der Waals surface area contributed by atoms with Crippen molar-refractivity contribution in [3.8, 4) is 0 Å². The molecule has 6 nitrogen and oxygen atoms in total. The van der Waals surface area contributed by atoms with E-state index < -0.39 is 0 Å². The molecule has 1 aromatic rings. The molecule has 0 aliphatic carbocycles. The minimum absolute atomic E-state index is 0.0431. The lowest BCUT2D eigenvalue weighted by molar-refractivity contribution is 0.0525. The third kappa shape index (κ3) is 3.41. The Hall–Kier alpha value is -1.69. The van der Waals surface area contributed by atoms with Gasteiger partial charge in [0.2, 0.25) is 5.95 Å². The summed E-state index contributed by atoms with van der Waals surface area (Å²) < 4.78 is 4.90. The fourth-order valence-electron chi connectivity index (χ4n) is 2.12. The molecule has 1 fully saturated rings. The monoisotopic (exact) mass is 264 g/mol. The van der Waals surface area contributed by atoms with Crippen molar-refractivity contribution >= 4 is 11.9 Å². The van der Waals surface area contributed by atoms with Crippen molar-refractivity contribution in [2.24, 2.45) is 0 Å². The van der Waals surface area contributed by atoms with E-state index in [0.717, 1.165) is 19.6 Å². The molecule has 1 saturated heterocycles. The van der Waals surface area contributed by atoms with Crippen LogP contribution in [0, 0.1) is 0 Å². The summed E-state index contributed by atoms with van der Waals surface area (Å²) in [6.45, 7) is 9.02. The average Bonchev–Trinajstić information content (AvgIpc) is 2.38. The van der Waals surface area contributed by atoms with Crippen molar-refractivity contribution < 1.29 is 9.53 Å². The smallest absolute Gasteiger partial charge is 0.341 e. The summed E-state index contributed by atoms with van der Waals surface area (Å²) in [5.41, 5.74) is 0.432. The Kier molecular flexibility index (Phi) is 3.99. The first-order valence-electron chi connectivity index (χ1n) is 6.51. The Bertz CT molecular complexity index is 444. The van der Waals surface area contributed by atoms with Gasteiger partial charge in [0.15, 0.2) is 0 Å². The number of carbonyl (C=O) groups is 1. The zero-order chi connectivity index (χ0) is 13.9. The van der Waals surface area contributed by atoms with Crippen molar-refractivity contribution in [2.75, 3.05) is 31.1 Å². The number of aromatic nitrogens is 2. The fourth-order valence-corrected chi connectivity index (χ4v) is 2.12. The van der Waals surface area contributed by atoms with Gasteiger partial charge in [-0.05, 0) is 20.8 Å². The Morgan fingerprint density at radius 1 is 1.47 bits per heavy atom. The van der Waals surface area contributed by atoms with Crippen molar-refractivity contribution in [1.29, 1.82) is 0 Å². The van der Waals surface area contributed by atoms with E-state index in [-0.39, 0.29) is 11.5 Å². The number of ether oxygens (including phenoxy) is 1. The van der Waals surface area contributed by atoms with Crippen molar-refractivity contribution in [3.05, 3.63) is 18.0 Å². The molecule has 6 heteroatoms. The van der Waals surface area contributed by atoms with E-state index in [9.17, 15) is 4.79 Å². The third-order valence-electron chi connectivity index (χ3n) is 3.00. The highest BCUT2D eigenvalue weighted by molar-refractivity contribution is 5.88. The Morgan fingerprint density at radius 3 is 2.74 bits per heavy atom. The van der Waals surface area contributed by atoms with Gasteiger partial charge < -0.3 is 15.0 Å². The molecular formula is C13H20N4O2.